The first kappa shape index (κ1) is 15.8. The monoisotopic (exact) mass is 311 g/mol. The summed E-state index contributed by atoms with van der Waals surface area (Å²) in [6.45, 7) is 2.93. The Morgan fingerprint density at radius 1 is 1.24 bits per heavy atom. The fraction of sp³-hybridized carbons (Fsp3) is 0.500. The fourth-order valence-corrected chi connectivity index (χ4v) is 3.01. The van der Waals surface area contributed by atoms with E-state index in [9.17, 15) is 13.2 Å². The lowest BCUT2D eigenvalue weighted by Crippen LogP contribution is -2.40. The standard InChI is InChI=1S/C14H21N3O3S/c1-10-9-11(7-8-15-10)14(18)16-12-3-5-13(6-4-12)17-21(2,19)20/h3-6,10-11,15,17H,7-9H2,1-2H3,(H,16,18). The third-order valence-corrected chi connectivity index (χ3v) is 4.06. The summed E-state index contributed by atoms with van der Waals surface area (Å²) < 4.78 is 24.6. The highest BCUT2D eigenvalue weighted by molar-refractivity contribution is 7.92. The third-order valence-electron chi connectivity index (χ3n) is 3.45. The summed E-state index contributed by atoms with van der Waals surface area (Å²) in [6, 6.07) is 6.99. The molecule has 21 heavy (non-hydrogen) atoms. The predicted molar refractivity (Wildman–Crippen MR) is 83.7 cm³/mol. The molecule has 1 aromatic rings. The zero-order valence-electron chi connectivity index (χ0n) is 12.2. The summed E-state index contributed by atoms with van der Waals surface area (Å²) in [5, 5.41) is 6.19. The highest BCUT2D eigenvalue weighted by Crippen LogP contribution is 2.20. The molecule has 0 radical (unpaired) electrons. The molecule has 7 heteroatoms. The number of rotatable bonds is 4. The summed E-state index contributed by atoms with van der Waals surface area (Å²) in [7, 11) is -3.28. The smallest absolute Gasteiger partial charge is 0.229 e. The average molecular weight is 311 g/mol. The van der Waals surface area contributed by atoms with Crippen molar-refractivity contribution in [1.29, 1.82) is 0 Å². The van der Waals surface area contributed by atoms with Gasteiger partial charge < -0.3 is 10.6 Å². The number of amides is 1. The van der Waals surface area contributed by atoms with Crippen molar-refractivity contribution in [2.75, 3.05) is 22.8 Å². The Kier molecular flexibility index (Phi) is 4.84. The van der Waals surface area contributed by atoms with E-state index in [2.05, 4.69) is 22.3 Å². The molecule has 0 saturated carbocycles. The van der Waals surface area contributed by atoms with Gasteiger partial charge in [0, 0.05) is 23.3 Å². The summed E-state index contributed by atoms with van der Waals surface area (Å²) >= 11 is 0. The Bertz CT molecular complexity index is 598. The van der Waals surface area contributed by atoms with Gasteiger partial charge >= 0.3 is 0 Å². The van der Waals surface area contributed by atoms with E-state index in [1.165, 1.54) is 0 Å². The molecule has 1 aliphatic rings. The second-order valence-corrected chi connectivity index (χ2v) is 7.27. The minimum atomic E-state index is -3.28. The van der Waals surface area contributed by atoms with Crippen molar-refractivity contribution in [3.05, 3.63) is 24.3 Å². The number of hydrogen-bond acceptors (Lipinski definition) is 4. The van der Waals surface area contributed by atoms with Gasteiger partial charge in [-0.05, 0) is 50.6 Å². The summed E-state index contributed by atoms with van der Waals surface area (Å²) in [5.74, 6) is 0.0437. The molecule has 1 saturated heterocycles. The van der Waals surface area contributed by atoms with Gasteiger partial charge in [0.15, 0.2) is 0 Å². The number of carbonyl (C=O) groups is 1. The number of sulfonamides is 1. The summed E-state index contributed by atoms with van der Waals surface area (Å²) in [6.07, 6.45) is 2.77. The first-order valence-electron chi connectivity index (χ1n) is 6.95. The van der Waals surface area contributed by atoms with Crippen LogP contribution in [0.4, 0.5) is 11.4 Å². The molecule has 1 heterocycles. The predicted octanol–water partition coefficient (Wildman–Crippen LogP) is 1.38. The number of nitrogens with one attached hydrogen (secondary N) is 3. The minimum absolute atomic E-state index is 0.0205. The van der Waals surface area contributed by atoms with Gasteiger partial charge in [-0.1, -0.05) is 0 Å². The van der Waals surface area contributed by atoms with Crippen molar-refractivity contribution in [3.63, 3.8) is 0 Å². The Morgan fingerprint density at radius 2 is 1.86 bits per heavy atom. The second-order valence-electron chi connectivity index (χ2n) is 5.52. The van der Waals surface area contributed by atoms with Crippen LogP contribution in [0, 0.1) is 5.92 Å². The number of carbonyl (C=O) groups excluding carboxylic acids is 1. The molecule has 0 aliphatic carbocycles. The van der Waals surface area contributed by atoms with Crippen LogP contribution in [0.25, 0.3) is 0 Å². The summed E-state index contributed by atoms with van der Waals surface area (Å²) in [5.41, 5.74) is 1.15. The van der Waals surface area contributed by atoms with Gasteiger partial charge in [-0.3, -0.25) is 9.52 Å². The molecule has 3 N–H and O–H groups in total. The molecule has 0 aromatic heterocycles. The van der Waals surface area contributed by atoms with Crippen LogP contribution in [0.15, 0.2) is 24.3 Å². The molecular formula is C14H21N3O3S. The lowest BCUT2D eigenvalue weighted by molar-refractivity contribution is -0.120. The zero-order chi connectivity index (χ0) is 15.5. The second kappa shape index (κ2) is 6.44. The van der Waals surface area contributed by atoms with Crippen LogP contribution in [-0.2, 0) is 14.8 Å². The SMILES string of the molecule is CC1CC(C(=O)Nc2ccc(NS(C)(=O)=O)cc2)CCN1. The molecule has 2 unspecified atom stereocenters. The van der Waals surface area contributed by atoms with E-state index in [-0.39, 0.29) is 11.8 Å². The zero-order valence-corrected chi connectivity index (χ0v) is 13.0. The molecule has 6 nitrogen and oxygen atoms in total. The molecule has 0 bridgehead atoms. The van der Waals surface area contributed by atoms with Crippen LogP contribution in [0.2, 0.25) is 0 Å². The van der Waals surface area contributed by atoms with Crippen LogP contribution in [-0.4, -0.2) is 33.2 Å². The molecule has 1 aromatic carbocycles. The van der Waals surface area contributed by atoms with Gasteiger partial charge in [0.1, 0.15) is 0 Å². The van der Waals surface area contributed by atoms with Gasteiger partial charge in [-0.25, -0.2) is 8.42 Å². The first-order valence-corrected chi connectivity index (χ1v) is 8.85. The molecule has 1 amide bonds. The van der Waals surface area contributed by atoms with Gasteiger partial charge in [-0.2, -0.15) is 0 Å². The quantitative estimate of drug-likeness (QED) is 0.784. The van der Waals surface area contributed by atoms with E-state index in [1.54, 1.807) is 24.3 Å². The topological polar surface area (TPSA) is 87.3 Å². The molecule has 0 spiro atoms. The molecular weight excluding hydrogens is 290 g/mol. The van der Waals surface area contributed by atoms with Crippen molar-refractivity contribution < 1.29 is 13.2 Å². The number of piperidine rings is 1. The number of anilines is 2. The van der Waals surface area contributed by atoms with Crippen molar-refractivity contribution in [2.24, 2.45) is 5.92 Å². The normalized spacial score (nSPS) is 22.6. The molecule has 2 rings (SSSR count). The lowest BCUT2D eigenvalue weighted by atomic mass is 9.92. The van der Waals surface area contributed by atoms with Gasteiger partial charge in [0.05, 0.1) is 6.26 Å². The Morgan fingerprint density at radius 3 is 2.43 bits per heavy atom. The van der Waals surface area contributed by atoms with Crippen LogP contribution >= 0.6 is 0 Å². The maximum absolute atomic E-state index is 12.2. The lowest BCUT2D eigenvalue weighted by Gasteiger charge is -2.27. The fourth-order valence-electron chi connectivity index (χ4n) is 2.45. The number of hydrogen-bond donors (Lipinski definition) is 3. The minimum Gasteiger partial charge on any atom is -0.326 e. The molecule has 116 valence electrons. The van der Waals surface area contributed by atoms with E-state index in [0.717, 1.165) is 25.6 Å². The summed E-state index contributed by atoms with van der Waals surface area (Å²) in [4.78, 5) is 12.2. The number of benzene rings is 1. The Balaban J connectivity index is 1.95. The largest absolute Gasteiger partial charge is 0.326 e. The third kappa shape index (κ3) is 5.02. The van der Waals surface area contributed by atoms with Crippen LogP contribution < -0.4 is 15.4 Å². The van der Waals surface area contributed by atoms with E-state index in [0.29, 0.717) is 17.4 Å². The van der Waals surface area contributed by atoms with Crippen LogP contribution in [0.3, 0.4) is 0 Å². The van der Waals surface area contributed by atoms with Gasteiger partial charge in [0.25, 0.3) is 0 Å². The van der Waals surface area contributed by atoms with Gasteiger partial charge in [-0.15, -0.1) is 0 Å². The van der Waals surface area contributed by atoms with Crippen LogP contribution in [0.5, 0.6) is 0 Å². The van der Waals surface area contributed by atoms with E-state index >= 15 is 0 Å². The maximum Gasteiger partial charge on any atom is 0.229 e. The first-order chi connectivity index (χ1) is 9.83. The molecule has 1 aliphatic heterocycles. The average Bonchev–Trinajstić information content (AvgIpc) is 2.39. The van der Waals surface area contributed by atoms with Gasteiger partial charge in [0.2, 0.25) is 15.9 Å². The van der Waals surface area contributed by atoms with Crippen molar-refractivity contribution in [2.45, 2.75) is 25.8 Å². The van der Waals surface area contributed by atoms with E-state index in [1.807, 2.05) is 0 Å². The Hall–Kier alpha value is -1.60. The molecule has 2 atom stereocenters. The molecule has 1 fully saturated rings. The van der Waals surface area contributed by atoms with Crippen molar-refractivity contribution in [3.8, 4) is 0 Å². The Labute approximate surface area is 125 Å². The maximum atomic E-state index is 12.2. The highest BCUT2D eigenvalue weighted by atomic mass is 32.2. The van der Waals surface area contributed by atoms with Crippen molar-refractivity contribution in [1.82, 2.24) is 5.32 Å². The van der Waals surface area contributed by atoms with Crippen molar-refractivity contribution >= 4 is 27.3 Å². The highest BCUT2D eigenvalue weighted by Gasteiger charge is 2.24. The van der Waals surface area contributed by atoms with E-state index in [4.69, 9.17) is 0 Å². The van der Waals surface area contributed by atoms with Crippen LogP contribution in [0.1, 0.15) is 19.8 Å². The van der Waals surface area contributed by atoms with E-state index < -0.39 is 10.0 Å².